The number of aliphatic hydroxyl groups is 2. The second kappa shape index (κ2) is 11.0. The molecule has 0 saturated carbocycles. The summed E-state index contributed by atoms with van der Waals surface area (Å²) in [4.78, 5) is 74.0. The van der Waals surface area contributed by atoms with Crippen molar-refractivity contribution >= 4 is 50.3 Å². The number of H-pyrrole nitrogens is 1. The van der Waals surface area contributed by atoms with E-state index in [9.17, 15) is 34.6 Å². The SMILES string of the molecule is Nc1nc2c(ccn2[C@@H]2O[C@@H]3CO[P+](O)(O)O[C@H]4[C@@H](O)[C@H](n5cnc6c(N)ncnc65)O[C@@H]4CO[P+](O)(O)O[C@@H]2[C@@H]3O)c(=O)[nH]1. The van der Waals surface area contributed by atoms with Crippen LogP contribution in [0, 0.1) is 0 Å². The van der Waals surface area contributed by atoms with Gasteiger partial charge in [-0.1, -0.05) is 0 Å². The highest BCUT2D eigenvalue weighted by Crippen LogP contribution is 2.60. The number of fused-ring (bicyclic) bond motifs is 5. The van der Waals surface area contributed by atoms with Gasteiger partial charge in [-0.2, -0.15) is 33.6 Å². The number of aromatic nitrogens is 7. The van der Waals surface area contributed by atoms with E-state index in [1.165, 1.54) is 34.1 Å². The van der Waals surface area contributed by atoms with Gasteiger partial charge in [0.2, 0.25) is 5.95 Å². The van der Waals surface area contributed by atoms with Crippen molar-refractivity contribution in [2.24, 2.45) is 0 Å². The number of anilines is 2. The Morgan fingerprint density at radius 3 is 2.31 bits per heavy atom. The van der Waals surface area contributed by atoms with Crippen LogP contribution in [0.3, 0.4) is 0 Å². The van der Waals surface area contributed by atoms with Gasteiger partial charge in [0.25, 0.3) is 5.56 Å². The molecule has 3 aliphatic rings. The Labute approximate surface area is 251 Å². The summed E-state index contributed by atoms with van der Waals surface area (Å²) in [7, 11) is -9.61. The normalized spacial score (nSPS) is 33.5. The highest BCUT2D eigenvalue weighted by molar-refractivity contribution is 7.54. The molecule has 7 heterocycles. The molecule has 0 aromatic carbocycles. The van der Waals surface area contributed by atoms with E-state index in [0.29, 0.717) is 0 Å². The zero-order chi connectivity index (χ0) is 31.8. The molecule has 4 aromatic rings. The Kier molecular flexibility index (Phi) is 7.50. The highest BCUT2D eigenvalue weighted by atomic mass is 31.2. The molecule has 3 aliphatic heterocycles. The van der Waals surface area contributed by atoms with Gasteiger partial charge in [0.05, 0.1) is 11.7 Å². The van der Waals surface area contributed by atoms with Crippen LogP contribution in [0.1, 0.15) is 12.5 Å². The first-order valence-corrected chi connectivity index (χ1v) is 16.2. The summed E-state index contributed by atoms with van der Waals surface area (Å²) in [5.41, 5.74) is 11.4. The first-order chi connectivity index (χ1) is 21.3. The van der Waals surface area contributed by atoms with Crippen LogP contribution in [0.15, 0.2) is 29.7 Å². The van der Waals surface area contributed by atoms with Crippen LogP contribution in [0.5, 0.6) is 0 Å². The Morgan fingerprint density at radius 1 is 0.867 bits per heavy atom. The number of hydrogen-bond donors (Lipinski definition) is 9. The van der Waals surface area contributed by atoms with Crippen LogP contribution in [0.25, 0.3) is 22.2 Å². The minimum absolute atomic E-state index is 0.0150. The van der Waals surface area contributed by atoms with E-state index >= 15 is 0 Å². The zero-order valence-corrected chi connectivity index (χ0v) is 24.4. The maximum absolute atomic E-state index is 12.4. The standard InChI is InChI=1S/C21H26N9O13P2/c22-15-10-17(25-5-24-15)30(6-26-10)19-12(32)13-9(41-19)4-39-45(36,37)43-14-11(31)8(3-38-44(34,35)42-13)40-20(14)29-2-1-7-16(29)27-21(23)28-18(7)33/h1-2,5-6,8-9,11-14,19-20,31-32,34-37H,3-4H2,(H4-,22,23,24,25,27,28,33)/q+1/p+1/t8-,9-,11-,12-,13-,14-,19-,20-/m1/s1. The van der Waals surface area contributed by atoms with E-state index in [2.05, 4.69) is 24.9 Å². The predicted octanol–water partition coefficient (Wildman–Crippen LogP) is -2.61. The molecule has 3 saturated heterocycles. The lowest BCUT2D eigenvalue weighted by atomic mass is 10.1. The summed E-state index contributed by atoms with van der Waals surface area (Å²) in [6.45, 7) is -1.45. The second-order valence-electron chi connectivity index (χ2n) is 10.3. The van der Waals surface area contributed by atoms with Gasteiger partial charge >= 0.3 is 16.3 Å². The minimum Gasteiger partial charge on any atom is -0.387 e. The lowest BCUT2D eigenvalue weighted by molar-refractivity contribution is -0.0743. The third kappa shape index (κ3) is 5.43. The highest BCUT2D eigenvalue weighted by Gasteiger charge is 2.60. The Bertz CT molecular complexity index is 1800. The molecular formula is C21H27N9O13P2+2. The third-order valence-corrected chi connectivity index (χ3v) is 9.50. The summed E-state index contributed by atoms with van der Waals surface area (Å²) in [5, 5.41) is 22.3. The summed E-state index contributed by atoms with van der Waals surface area (Å²) in [6.07, 6.45) is -8.12. The molecule has 0 unspecified atom stereocenters. The quantitative estimate of drug-likeness (QED) is 0.0982. The number of nitrogens with zero attached hydrogens (tertiary/aromatic N) is 6. The van der Waals surface area contributed by atoms with Crippen LogP contribution in [-0.2, 0) is 27.6 Å². The maximum atomic E-state index is 12.4. The number of nitrogens with two attached hydrogens (primary N) is 2. The summed E-state index contributed by atoms with van der Waals surface area (Å²) >= 11 is 0. The van der Waals surface area contributed by atoms with E-state index < -0.39 is 84.2 Å². The smallest absolute Gasteiger partial charge is 0.387 e. The van der Waals surface area contributed by atoms with Crippen molar-refractivity contribution in [1.82, 2.24) is 34.1 Å². The van der Waals surface area contributed by atoms with Gasteiger partial charge in [0.15, 0.2) is 41.8 Å². The van der Waals surface area contributed by atoms with Crippen molar-refractivity contribution < 1.29 is 57.4 Å². The van der Waals surface area contributed by atoms with Gasteiger partial charge in [-0.3, -0.25) is 14.3 Å². The van der Waals surface area contributed by atoms with Crippen LogP contribution < -0.4 is 17.0 Å². The van der Waals surface area contributed by atoms with Gasteiger partial charge in [0.1, 0.15) is 49.5 Å². The maximum Gasteiger partial charge on any atom is 0.570 e. The van der Waals surface area contributed by atoms with E-state index in [4.69, 9.17) is 39.0 Å². The van der Waals surface area contributed by atoms with Gasteiger partial charge in [-0.05, 0) is 6.07 Å². The molecule has 11 N–H and O–H groups in total. The lowest BCUT2D eigenvalue weighted by Gasteiger charge is -2.23. The van der Waals surface area contributed by atoms with Gasteiger partial charge in [-0.25, -0.2) is 15.0 Å². The van der Waals surface area contributed by atoms with E-state index in [0.717, 1.165) is 0 Å². The number of rotatable bonds is 2. The molecule has 22 nitrogen and oxygen atoms in total. The average Bonchev–Trinajstić information content (AvgIpc) is 3.72. The van der Waals surface area contributed by atoms with E-state index in [-0.39, 0.29) is 34.0 Å². The van der Waals surface area contributed by atoms with Crippen molar-refractivity contribution in [2.45, 2.75) is 49.1 Å². The van der Waals surface area contributed by atoms with Gasteiger partial charge in [0, 0.05) is 6.20 Å². The molecule has 0 radical (unpaired) electrons. The lowest BCUT2D eigenvalue weighted by Crippen LogP contribution is -2.37. The molecule has 0 amide bonds. The Morgan fingerprint density at radius 2 is 1.56 bits per heavy atom. The molecule has 4 aromatic heterocycles. The van der Waals surface area contributed by atoms with Crippen molar-refractivity contribution in [3.8, 4) is 0 Å². The topological polar surface area (TPSA) is 323 Å². The summed E-state index contributed by atoms with van der Waals surface area (Å²) in [5.74, 6) is -0.167. The molecule has 7 rings (SSSR count). The van der Waals surface area contributed by atoms with Crippen LogP contribution in [0.4, 0.5) is 11.8 Å². The van der Waals surface area contributed by atoms with Crippen molar-refractivity contribution in [1.29, 1.82) is 0 Å². The Balaban J connectivity index is 1.20. The first kappa shape index (κ1) is 30.6. The number of imidazole rings is 1. The van der Waals surface area contributed by atoms with E-state index in [1.807, 2.05) is 0 Å². The number of nitrogen functional groups attached to an aromatic ring is 2. The molecule has 45 heavy (non-hydrogen) atoms. The first-order valence-electron chi connectivity index (χ1n) is 13.1. The van der Waals surface area contributed by atoms with Crippen molar-refractivity contribution in [3.05, 3.63) is 35.3 Å². The van der Waals surface area contributed by atoms with E-state index in [1.54, 1.807) is 0 Å². The molecule has 242 valence electrons. The summed E-state index contributed by atoms with van der Waals surface area (Å²) in [6, 6.07) is 1.39. The predicted molar refractivity (Wildman–Crippen MR) is 149 cm³/mol. The molecule has 8 atom stereocenters. The van der Waals surface area contributed by atoms with Crippen LogP contribution in [0.2, 0.25) is 0 Å². The number of hydrogen-bond acceptors (Lipinski definition) is 19. The summed E-state index contributed by atoms with van der Waals surface area (Å²) < 4.78 is 35.7. The molecular weight excluding hydrogens is 648 g/mol. The fourth-order valence-electron chi connectivity index (χ4n) is 5.45. The molecule has 0 spiro atoms. The second-order valence-corrected chi connectivity index (χ2v) is 13.2. The minimum atomic E-state index is -4.83. The Hall–Kier alpha value is -3.05. The zero-order valence-electron chi connectivity index (χ0n) is 22.6. The largest absolute Gasteiger partial charge is 0.570 e. The van der Waals surface area contributed by atoms with Crippen molar-refractivity contribution in [2.75, 3.05) is 24.7 Å². The van der Waals surface area contributed by atoms with Crippen molar-refractivity contribution in [3.63, 3.8) is 0 Å². The molecule has 2 bridgehead atoms. The van der Waals surface area contributed by atoms with Gasteiger partial charge < -0.3 is 35.7 Å². The molecule has 3 fully saturated rings. The number of ether oxygens (including phenoxy) is 2. The average molecular weight is 675 g/mol. The number of aromatic amines is 1. The number of aliphatic hydroxyl groups excluding tert-OH is 2. The van der Waals surface area contributed by atoms with Crippen LogP contribution >= 0.6 is 16.3 Å². The fraction of sp³-hybridized carbons (Fsp3) is 0.476. The van der Waals surface area contributed by atoms with Gasteiger partial charge in [-0.15, -0.1) is 9.05 Å². The third-order valence-electron chi connectivity index (χ3n) is 7.49. The monoisotopic (exact) mass is 675 g/mol. The fourth-order valence-corrected chi connectivity index (χ4v) is 7.38. The van der Waals surface area contributed by atoms with Crippen LogP contribution in [-0.4, -0.2) is 114 Å². The molecule has 24 heteroatoms. The number of nitrogens with one attached hydrogen (secondary N) is 1. The molecule has 0 aliphatic carbocycles.